The highest BCUT2D eigenvalue weighted by molar-refractivity contribution is 7.12. The second-order valence-electron chi connectivity index (χ2n) is 4.46. The first kappa shape index (κ1) is 12.1. The zero-order valence-corrected chi connectivity index (χ0v) is 10.8. The number of rotatable bonds is 2. The summed E-state index contributed by atoms with van der Waals surface area (Å²) in [6, 6.07) is 3.31. The minimum atomic E-state index is -0.349. The van der Waals surface area contributed by atoms with Crippen molar-refractivity contribution in [2.24, 2.45) is 5.92 Å². The standard InChI is InChI=1S/C12H16N2O2S/c1-8(2)10-11(15)13-5-6-14(10)12(16)9-4-3-7-17-9/h3-4,7-8,10H,5-6H2,1-2H3,(H,13,15). The average molecular weight is 252 g/mol. The van der Waals surface area contributed by atoms with Crippen LogP contribution in [-0.2, 0) is 4.79 Å². The van der Waals surface area contributed by atoms with Gasteiger partial charge in [0.15, 0.2) is 0 Å². The maximum absolute atomic E-state index is 12.3. The van der Waals surface area contributed by atoms with E-state index in [1.165, 1.54) is 11.3 Å². The summed E-state index contributed by atoms with van der Waals surface area (Å²) in [4.78, 5) is 26.5. The van der Waals surface area contributed by atoms with Crippen LogP contribution in [0.15, 0.2) is 17.5 Å². The van der Waals surface area contributed by atoms with Gasteiger partial charge in [0, 0.05) is 13.1 Å². The minimum absolute atomic E-state index is 0.0337. The SMILES string of the molecule is CC(C)C1C(=O)NCCN1C(=O)c1cccs1. The van der Waals surface area contributed by atoms with Gasteiger partial charge in [-0.15, -0.1) is 11.3 Å². The van der Waals surface area contributed by atoms with Gasteiger partial charge in [0.25, 0.3) is 5.91 Å². The first-order valence-electron chi connectivity index (χ1n) is 5.73. The zero-order valence-electron chi connectivity index (χ0n) is 9.97. The summed E-state index contributed by atoms with van der Waals surface area (Å²) in [6.07, 6.45) is 0. The molecule has 2 heterocycles. The molecule has 2 rings (SSSR count). The van der Waals surface area contributed by atoms with Gasteiger partial charge in [-0.3, -0.25) is 9.59 Å². The topological polar surface area (TPSA) is 49.4 Å². The number of carbonyl (C=O) groups excluding carboxylic acids is 2. The molecule has 92 valence electrons. The lowest BCUT2D eigenvalue weighted by molar-refractivity contribution is -0.129. The molecule has 0 radical (unpaired) electrons. The first-order valence-corrected chi connectivity index (χ1v) is 6.61. The summed E-state index contributed by atoms with van der Waals surface area (Å²) >= 11 is 1.42. The van der Waals surface area contributed by atoms with Crippen molar-refractivity contribution in [3.63, 3.8) is 0 Å². The molecule has 17 heavy (non-hydrogen) atoms. The summed E-state index contributed by atoms with van der Waals surface area (Å²) in [5.74, 6) is 0.0453. The van der Waals surface area contributed by atoms with Crippen LogP contribution >= 0.6 is 11.3 Å². The fourth-order valence-electron chi connectivity index (χ4n) is 2.12. The Labute approximate surface area is 105 Å². The number of hydrogen-bond donors (Lipinski definition) is 1. The predicted molar refractivity (Wildman–Crippen MR) is 67.0 cm³/mol. The number of thiophene rings is 1. The van der Waals surface area contributed by atoms with Gasteiger partial charge in [0.2, 0.25) is 5.91 Å². The third kappa shape index (κ3) is 2.34. The molecule has 0 bridgehead atoms. The quantitative estimate of drug-likeness (QED) is 0.863. The van der Waals surface area contributed by atoms with Crippen molar-refractivity contribution in [3.05, 3.63) is 22.4 Å². The van der Waals surface area contributed by atoms with Gasteiger partial charge in [0.1, 0.15) is 6.04 Å². The molecule has 1 aliphatic rings. The smallest absolute Gasteiger partial charge is 0.264 e. The van der Waals surface area contributed by atoms with Crippen molar-refractivity contribution < 1.29 is 9.59 Å². The van der Waals surface area contributed by atoms with Gasteiger partial charge >= 0.3 is 0 Å². The van der Waals surface area contributed by atoms with Crippen LogP contribution in [-0.4, -0.2) is 35.8 Å². The predicted octanol–water partition coefficient (Wildman–Crippen LogP) is 1.34. The molecular weight excluding hydrogens is 236 g/mol. The Morgan fingerprint density at radius 3 is 2.94 bits per heavy atom. The van der Waals surface area contributed by atoms with E-state index < -0.39 is 0 Å². The molecule has 0 aromatic carbocycles. The van der Waals surface area contributed by atoms with Gasteiger partial charge in [-0.25, -0.2) is 0 Å². The largest absolute Gasteiger partial charge is 0.353 e. The van der Waals surface area contributed by atoms with Gasteiger partial charge in [-0.2, -0.15) is 0 Å². The molecule has 2 amide bonds. The Bertz CT molecular complexity index is 414. The molecule has 1 fully saturated rings. The number of carbonyl (C=O) groups is 2. The van der Waals surface area contributed by atoms with Crippen LogP contribution in [0.5, 0.6) is 0 Å². The summed E-state index contributed by atoms with van der Waals surface area (Å²) in [5.41, 5.74) is 0. The van der Waals surface area contributed by atoms with Crippen molar-refractivity contribution in [3.8, 4) is 0 Å². The number of hydrogen-bond acceptors (Lipinski definition) is 3. The molecule has 4 nitrogen and oxygen atoms in total. The molecule has 0 aliphatic carbocycles. The van der Waals surface area contributed by atoms with Crippen molar-refractivity contribution in [2.75, 3.05) is 13.1 Å². The van der Waals surface area contributed by atoms with Gasteiger partial charge < -0.3 is 10.2 Å². The zero-order chi connectivity index (χ0) is 12.4. The number of piperazine rings is 1. The van der Waals surface area contributed by atoms with Gasteiger partial charge in [-0.1, -0.05) is 19.9 Å². The van der Waals surface area contributed by atoms with E-state index in [9.17, 15) is 9.59 Å². The van der Waals surface area contributed by atoms with Crippen LogP contribution in [0.1, 0.15) is 23.5 Å². The number of amides is 2. The van der Waals surface area contributed by atoms with E-state index in [1.54, 1.807) is 11.0 Å². The second-order valence-corrected chi connectivity index (χ2v) is 5.40. The normalized spacial score (nSPS) is 20.5. The van der Waals surface area contributed by atoms with Gasteiger partial charge in [-0.05, 0) is 17.4 Å². The van der Waals surface area contributed by atoms with Crippen LogP contribution < -0.4 is 5.32 Å². The molecule has 1 saturated heterocycles. The lowest BCUT2D eigenvalue weighted by Crippen LogP contribution is -2.59. The lowest BCUT2D eigenvalue weighted by Gasteiger charge is -2.37. The molecule has 1 aromatic rings. The Kier molecular flexibility index (Phi) is 3.47. The minimum Gasteiger partial charge on any atom is -0.353 e. The summed E-state index contributed by atoms with van der Waals surface area (Å²) in [6.45, 7) is 5.05. The van der Waals surface area contributed by atoms with Crippen LogP contribution in [0.4, 0.5) is 0 Å². The van der Waals surface area contributed by atoms with Crippen molar-refractivity contribution in [1.82, 2.24) is 10.2 Å². The highest BCUT2D eigenvalue weighted by Gasteiger charge is 2.35. The van der Waals surface area contributed by atoms with Crippen LogP contribution in [0, 0.1) is 5.92 Å². The summed E-state index contributed by atoms with van der Waals surface area (Å²) < 4.78 is 0. The van der Waals surface area contributed by atoms with E-state index in [4.69, 9.17) is 0 Å². The summed E-state index contributed by atoms with van der Waals surface area (Å²) in [7, 11) is 0. The molecule has 0 spiro atoms. The first-order chi connectivity index (χ1) is 8.11. The fourth-order valence-corrected chi connectivity index (χ4v) is 2.80. The van der Waals surface area contributed by atoms with Crippen LogP contribution in [0.25, 0.3) is 0 Å². The number of nitrogens with zero attached hydrogens (tertiary/aromatic N) is 1. The highest BCUT2D eigenvalue weighted by Crippen LogP contribution is 2.19. The van der Waals surface area contributed by atoms with Gasteiger partial charge in [0.05, 0.1) is 4.88 Å². The Balaban J connectivity index is 2.23. The molecule has 1 unspecified atom stereocenters. The highest BCUT2D eigenvalue weighted by atomic mass is 32.1. The molecule has 5 heteroatoms. The van der Waals surface area contributed by atoms with Crippen LogP contribution in [0.3, 0.4) is 0 Å². The maximum atomic E-state index is 12.3. The Hall–Kier alpha value is -1.36. The molecule has 1 aromatic heterocycles. The average Bonchev–Trinajstić information content (AvgIpc) is 2.80. The Morgan fingerprint density at radius 1 is 1.59 bits per heavy atom. The third-order valence-corrected chi connectivity index (χ3v) is 3.74. The van der Waals surface area contributed by atoms with E-state index in [-0.39, 0.29) is 23.8 Å². The van der Waals surface area contributed by atoms with E-state index >= 15 is 0 Å². The van der Waals surface area contributed by atoms with E-state index in [0.29, 0.717) is 18.0 Å². The molecule has 0 saturated carbocycles. The molecule has 1 N–H and O–H groups in total. The van der Waals surface area contributed by atoms with E-state index in [0.717, 1.165) is 0 Å². The second kappa shape index (κ2) is 4.87. The molecule has 1 atom stereocenters. The Morgan fingerprint density at radius 2 is 2.35 bits per heavy atom. The van der Waals surface area contributed by atoms with Crippen molar-refractivity contribution in [2.45, 2.75) is 19.9 Å². The fraction of sp³-hybridized carbons (Fsp3) is 0.500. The van der Waals surface area contributed by atoms with E-state index in [2.05, 4.69) is 5.32 Å². The summed E-state index contributed by atoms with van der Waals surface area (Å²) in [5, 5.41) is 4.69. The molecule has 1 aliphatic heterocycles. The van der Waals surface area contributed by atoms with Crippen molar-refractivity contribution in [1.29, 1.82) is 0 Å². The molecular formula is C12H16N2O2S. The van der Waals surface area contributed by atoms with Crippen molar-refractivity contribution >= 4 is 23.2 Å². The number of nitrogens with one attached hydrogen (secondary N) is 1. The van der Waals surface area contributed by atoms with Crippen LogP contribution in [0.2, 0.25) is 0 Å². The monoisotopic (exact) mass is 252 g/mol. The third-order valence-electron chi connectivity index (χ3n) is 2.88. The van der Waals surface area contributed by atoms with E-state index in [1.807, 2.05) is 25.3 Å². The lowest BCUT2D eigenvalue weighted by atomic mass is 9.99. The maximum Gasteiger partial charge on any atom is 0.264 e.